The molecule has 12 heteroatoms. The standard InChI is InChI=1S/C28H34ClN5O6/c1-15-11-12-18(29)13-19(15)34-25(30-16(2)33-34)24-22(35)21(31-32-27(36)40-28(3,4)5)23-20(38-24)14-37-26(39-23)17-9-7-6-8-10-17/h6-13,20-24,26,31,35H,14H2,1-5H3,(H,32,36)/t20-,21-,22-,23+,24-,26?/m1/s1. The summed E-state index contributed by atoms with van der Waals surface area (Å²) < 4.78 is 25.7. The van der Waals surface area contributed by atoms with Gasteiger partial charge in [0.25, 0.3) is 0 Å². The molecule has 3 N–H and O–H groups in total. The van der Waals surface area contributed by atoms with E-state index in [9.17, 15) is 9.90 Å². The summed E-state index contributed by atoms with van der Waals surface area (Å²) in [5.74, 6) is 0.868. The highest BCUT2D eigenvalue weighted by atomic mass is 35.5. The molecule has 0 radical (unpaired) electrons. The molecule has 2 fully saturated rings. The second kappa shape index (κ2) is 11.4. The zero-order valence-corrected chi connectivity index (χ0v) is 23.8. The maximum atomic E-state index is 12.5. The van der Waals surface area contributed by atoms with E-state index in [2.05, 4.69) is 20.9 Å². The van der Waals surface area contributed by atoms with Gasteiger partial charge in [-0.25, -0.2) is 19.9 Å². The third-order valence-electron chi connectivity index (χ3n) is 6.62. The Morgan fingerprint density at radius 2 is 1.90 bits per heavy atom. The molecule has 0 saturated carbocycles. The molecule has 2 aromatic carbocycles. The number of rotatable bonds is 5. The predicted molar refractivity (Wildman–Crippen MR) is 146 cm³/mol. The Bertz CT molecular complexity index is 1350. The molecule has 214 valence electrons. The summed E-state index contributed by atoms with van der Waals surface area (Å²) in [5, 5.41) is 16.8. The van der Waals surface area contributed by atoms with Crippen molar-refractivity contribution in [2.45, 2.75) is 77.0 Å². The van der Waals surface area contributed by atoms with Crippen molar-refractivity contribution in [3.05, 3.63) is 76.3 Å². The Morgan fingerprint density at radius 3 is 2.62 bits per heavy atom. The highest BCUT2D eigenvalue weighted by molar-refractivity contribution is 6.30. The number of aryl methyl sites for hydroxylation is 2. The molecule has 1 aromatic heterocycles. The van der Waals surface area contributed by atoms with Crippen LogP contribution in [0, 0.1) is 13.8 Å². The summed E-state index contributed by atoms with van der Waals surface area (Å²) >= 11 is 6.30. The topological polar surface area (TPSA) is 129 Å². The number of amides is 1. The van der Waals surface area contributed by atoms with Crippen molar-refractivity contribution < 1.29 is 28.8 Å². The average Bonchev–Trinajstić information content (AvgIpc) is 3.29. The van der Waals surface area contributed by atoms with Gasteiger partial charge < -0.3 is 24.1 Å². The van der Waals surface area contributed by atoms with Crippen LogP contribution in [0.4, 0.5) is 4.79 Å². The van der Waals surface area contributed by atoms with Crippen molar-refractivity contribution in [1.29, 1.82) is 0 Å². The number of halogens is 1. The van der Waals surface area contributed by atoms with Gasteiger partial charge in [-0.3, -0.25) is 5.43 Å². The summed E-state index contributed by atoms with van der Waals surface area (Å²) in [7, 11) is 0. The van der Waals surface area contributed by atoms with Gasteiger partial charge in [0.05, 0.1) is 18.3 Å². The van der Waals surface area contributed by atoms with Crippen LogP contribution in [-0.4, -0.2) is 62.5 Å². The minimum atomic E-state index is -1.22. The summed E-state index contributed by atoms with van der Waals surface area (Å²) in [6.07, 6.45) is -4.82. The van der Waals surface area contributed by atoms with Gasteiger partial charge in [0.15, 0.2) is 12.1 Å². The van der Waals surface area contributed by atoms with E-state index < -0.39 is 48.4 Å². The van der Waals surface area contributed by atoms with E-state index in [1.807, 2.05) is 43.3 Å². The number of nitrogens with one attached hydrogen (secondary N) is 2. The lowest BCUT2D eigenvalue weighted by molar-refractivity contribution is -0.313. The molecule has 11 nitrogen and oxygen atoms in total. The van der Waals surface area contributed by atoms with Crippen LogP contribution in [0.2, 0.25) is 5.02 Å². The van der Waals surface area contributed by atoms with Crippen LogP contribution in [0.3, 0.4) is 0 Å². The van der Waals surface area contributed by atoms with Crippen LogP contribution >= 0.6 is 11.6 Å². The summed E-state index contributed by atoms with van der Waals surface area (Å²) in [5.41, 5.74) is 7.23. The van der Waals surface area contributed by atoms with E-state index in [0.29, 0.717) is 22.4 Å². The lowest BCUT2D eigenvalue weighted by atomic mass is 9.91. The molecule has 40 heavy (non-hydrogen) atoms. The van der Waals surface area contributed by atoms with E-state index >= 15 is 0 Å². The second-order valence-electron chi connectivity index (χ2n) is 10.9. The Hall–Kier alpha value is -3.06. The van der Waals surface area contributed by atoms with Gasteiger partial charge in [0, 0.05) is 10.6 Å². The lowest BCUT2D eigenvalue weighted by Gasteiger charge is -2.48. The molecule has 3 heterocycles. The van der Waals surface area contributed by atoms with Crippen LogP contribution in [-0.2, 0) is 18.9 Å². The Morgan fingerprint density at radius 1 is 1.15 bits per heavy atom. The zero-order chi connectivity index (χ0) is 28.6. The number of carbonyl (C=O) groups is 1. The van der Waals surface area contributed by atoms with E-state index in [1.165, 1.54) is 0 Å². The van der Waals surface area contributed by atoms with Gasteiger partial charge in [0.2, 0.25) is 0 Å². The van der Waals surface area contributed by atoms with Gasteiger partial charge in [0.1, 0.15) is 35.8 Å². The van der Waals surface area contributed by atoms with Gasteiger partial charge in [-0.15, -0.1) is 0 Å². The normalized spacial score (nSPS) is 26.7. The van der Waals surface area contributed by atoms with Crippen LogP contribution < -0.4 is 10.9 Å². The monoisotopic (exact) mass is 571 g/mol. The van der Waals surface area contributed by atoms with Crippen LogP contribution in [0.15, 0.2) is 48.5 Å². The molecule has 1 amide bonds. The van der Waals surface area contributed by atoms with E-state index in [0.717, 1.165) is 11.1 Å². The number of fused-ring (bicyclic) bond motifs is 1. The molecule has 2 aliphatic rings. The highest BCUT2D eigenvalue weighted by Gasteiger charge is 2.51. The number of ether oxygens (including phenoxy) is 4. The maximum absolute atomic E-state index is 12.5. The number of hydrogen-bond donors (Lipinski definition) is 3. The molecular weight excluding hydrogens is 538 g/mol. The number of aromatic nitrogens is 3. The van der Waals surface area contributed by atoms with Gasteiger partial charge in [-0.1, -0.05) is 48.0 Å². The molecule has 6 atom stereocenters. The zero-order valence-electron chi connectivity index (χ0n) is 23.0. The molecule has 1 unspecified atom stereocenters. The van der Waals surface area contributed by atoms with E-state index in [-0.39, 0.29) is 6.61 Å². The molecule has 3 aromatic rings. The number of aliphatic hydroxyl groups excluding tert-OH is 1. The van der Waals surface area contributed by atoms with Crippen LogP contribution in [0.5, 0.6) is 0 Å². The molecular formula is C28H34ClN5O6. The molecule has 5 rings (SSSR count). The Balaban J connectivity index is 1.47. The minimum absolute atomic E-state index is 0.182. The largest absolute Gasteiger partial charge is 0.443 e. The number of carbonyl (C=O) groups excluding carboxylic acids is 1. The van der Waals surface area contributed by atoms with Crippen molar-refractivity contribution in [2.75, 3.05) is 6.61 Å². The van der Waals surface area contributed by atoms with Crippen LogP contribution in [0.25, 0.3) is 5.69 Å². The van der Waals surface area contributed by atoms with E-state index in [1.54, 1.807) is 44.5 Å². The third kappa shape index (κ3) is 6.14. The number of benzene rings is 2. The number of hydrogen-bond acceptors (Lipinski definition) is 9. The molecule has 0 bridgehead atoms. The highest BCUT2D eigenvalue weighted by Crippen LogP contribution is 2.39. The van der Waals surface area contributed by atoms with Gasteiger partial charge >= 0.3 is 6.09 Å². The number of hydrazine groups is 1. The summed E-state index contributed by atoms with van der Waals surface area (Å²) in [4.78, 5) is 17.1. The van der Waals surface area contributed by atoms with E-state index in [4.69, 9.17) is 30.5 Å². The second-order valence-corrected chi connectivity index (χ2v) is 11.4. The van der Waals surface area contributed by atoms with Crippen LogP contribution in [0.1, 0.15) is 55.9 Å². The van der Waals surface area contributed by atoms with Crippen molar-refractivity contribution in [3.63, 3.8) is 0 Å². The average molecular weight is 572 g/mol. The summed E-state index contributed by atoms with van der Waals surface area (Å²) in [6, 6.07) is 14.1. The molecule has 0 spiro atoms. The lowest BCUT2D eigenvalue weighted by Crippen LogP contribution is -2.66. The quantitative estimate of drug-likeness (QED) is 0.391. The fraction of sp³-hybridized carbons (Fsp3) is 0.464. The minimum Gasteiger partial charge on any atom is -0.443 e. The fourth-order valence-corrected chi connectivity index (χ4v) is 5.01. The first-order chi connectivity index (χ1) is 19.0. The first kappa shape index (κ1) is 28.5. The van der Waals surface area contributed by atoms with Crippen molar-refractivity contribution >= 4 is 17.7 Å². The Labute approximate surface area is 237 Å². The fourth-order valence-electron chi connectivity index (χ4n) is 4.85. The first-order valence-corrected chi connectivity index (χ1v) is 13.5. The van der Waals surface area contributed by atoms with Gasteiger partial charge in [-0.2, -0.15) is 5.10 Å². The first-order valence-electron chi connectivity index (χ1n) is 13.1. The third-order valence-corrected chi connectivity index (χ3v) is 6.85. The predicted octanol–water partition coefficient (Wildman–Crippen LogP) is 3.85. The van der Waals surface area contributed by atoms with Gasteiger partial charge in [-0.05, 0) is 52.3 Å². The molecule has 0 aliphatic carbocycles. The van der Waals surface area contributed by atoms with Crippen molar-refractivity contribution in [1.82, 2.24) is 25.6 Å². The van der Waals surface area contributed by atoms with Crippen molar-refractivity contribution in [2.24, 2.45) is 0 Å². The number of nitrogens with zero attached hydrogens (tertiary/aromatic N) is 3. The Kier molecular flexibility index (Phi) is 8.14. The maximum Gasteiger partial charge on any atom is 0.422 e. The molecule has 2 saturated heterocycles. The smallest absolute Gasteiger partial charge is 0.422 e. The number of aliphatic hydroxyl groups is 1. The SMILES string of the molecule is Cc1nc([C@@H]2O[C@@H]3COC(c4ccccc4)O[C@@H]3[C@H](NNC(=O)OC(C)(C)C)[C@H]2O)n(-c2cc(Cl)ccc2C)n1. The summed E-state index contributed by atoms with van der Waals surface area (Å²) in [6.45, 7) is 9.17. The van der Waals surface area contributed by atoms with Crippen molar-refractivity contribution in [3.8, 4) is 5.69 Å². The molecule has 2 aliphatic heterocycles.